The van der Waals surface area contributed by atoms with Crippen LogP contribution in [0.3, 0.4) is 0 Å². The number of benzene rings is 1. The molecule has 0 radical (unpaired) electrons. The van der Waals surface area contributed by atoms with Gasteiger partial charge in [-0.25, -0.2) is 0 Å². The number of amides is 1. The first-order valence-corrected chi connectivity index (χ1v) is 8.64. The molecule has 1 amide bonds. The van der Waals surface area contributed by atoms with Gasteiger partial charge in [-0.15, -0.1) is 10.2 Å². The van der Waals surface area contributed by atoms with Gasteiger partial charge < -0.3 is 9.64 Å². The zero-order valence-electron chi connectivity index (χ0n) is 13.4. The van der Waals surface area contributed by atoms with Gasteiger partial charge in [-0.1, -0.05) is 11.8 Å². The SMILES string of the molecule is COc1ccc(-n2c(C)nnc2SCC(=O)N2CCCC2)cc1. The number of nitrogens with zero attached hydrogens (tertiary/aromatic N) is 4. The first-order chi connectivity index (χ1) is 11.2. The fraction of sp³-hybridized carbons (Fsp3) is 0.438. The molecule has 0 unspecified atom stereocenters. The average molecular weight is 332 g/mol. The Morgan fingerprint density at radius 1 is 1.22 bits per heavy atom. The smallest absolute Gasteiger partial charge is 0.233 e. The minimum Gasteiger partial charge on any atom is -0.497 e. The van der Waals surface area contributed by atoms with E-state index in [4.69, 9.17) is 4.74 Å². The van der Waals surface area contributed by atoms with Gasteiger partial charge in [-0.2, -0.15) is 0 Å². The molecule has 3 rings (SSSR count). The number of methoxy groups -OCH3 is 1. The Morgan fingerprint density at radius 3 is 2.57 bits per heavy atom. The van der Waals surface area contributed by atoms with Gasteiger partial charge in [0.2, 0.25) is 5.91 Å². The van der Waals surface area contributed by atoms with Crippen LogP contribution in [-0.4, -0.2) is 51.5 Å². The number of carbonyl (C=O) groups is 1. The van der Waals surface area contributed by atoms with Crippen molar-refractivity contribution in [3.63, 3.8) is 0 Å². The summed E-state index contributed by atoms with van der Waals surface area (Å²) in [6.07, 6.45) is 2.22. The van der Waals surface area contributed by atoms with Crippen molar-refractivity contribution in [1.82, 2.24) is 19.7 Å². The summed E-state index contributed by atoms with van der Waals surface area (Å²) < 4.78 is 7.15. The predicted octanol–water partition coefficient (Wildman–Crippen LogP) is 2.30. The molecule has 1 aromatic carbocycles. The molecule has 122 valence electrons. The Morgan fingerprint density at radius 2 is 1.91 bits per heavy atom. The molecular weight excluding hydrogens is 312 g/mol. The molecule has 1 aliphatic heterocycles. The van der Waals surface area contributed by atoms with Crippen LogP contribution in [-0.2, 0) is 4.79 Å². The number of carbonyl (C=O) groups excluding carboxylic acids is 1. The van der Waals surface area contributed by atoms with E-state index in [1.54, 1.807) is 7.11 Å². The molecule has 6 nitrogen and oxygen atoms in total. The molecule has 0 saturated carbocycles. The second-order valence-corrected chi connectivity index (χ2v) is 6.38. The molecular formula is C16H20N4O2S. The molecule has 0 atom stereocenters. The van der Waals surface area contributed by atoms with Crippen molar-refractivity contribution in [2.45, 2.75) is 24.9 Å². The summed E-state index contributed by atoms with van der Waals surface area (Å²) in [6.45, 7) is 3.66. The van der Waals surface area contributed by atoms with E-state index in [0.29, 0.717) is 5.75 Å². The number of thioether (sulfide) groups is 1. The van der Waals surface area contributed by atoms with E-state index < -0.39 is 0 Å². The Labute approximate surface area is 139 Å². The number of hydrogen-bond acceptors (Lipinski definition) is 5. The Kier molecular flexibility index (Phi) is 4.85. The van der Waals surface area contributed by atoms with Gasteiger partial charge in [0, 0.05) is 18.8 Å². The molecule has 0 aliphatic carbocycles. The monoisotopic (exact) mass is 332 g/mol. The summed E-state index contributed by atoms with van der Waals surface area (Å²) in [6, 6.07) is 7.72. The number of ether oxygens (including phenoxy) is 1. The largest absolute Gasteiger partial charge is 0.497 e. The standard InChI is InChI=1S/C16H20N4O2S/c1-12-17-18-16(23-11-15(21)19-9-3-4-10-19)20(12)13-5-7-14(22-2)8-6-13/h5-8H,3-4,9-11H2,1-2H3. The zero-order valence-corrected chi connectivity index (χ0v) is 14.2. The third-order valence-corrected chi connectivity index (χ3v) is 4.82. The van der Waals surface area contributed by atoms with Gasteiger partial charge in [0.15, 0.2) is 5.16 Å². The fourth-order valence-electron chi connectivity index (χ4n) is 2.65. The molecule has 2 aromatic rings. The molecule has 0 spiro atoms. The number of aromatic nitrogens is 3. The second kappa shape index (κ2) is 7.04. The highest BCUT2D eigenvalue weighted by Crippen LogP contribution is 2.24. The summed E-state index contributed by atoms with van der Waals surface area (Å²) in [4.78, 5) is 14.1. The topological polar surface area (TPSA) is 60.2 Å². The van der Waals surface area contributed by atoms with E-state index in [2.05, 4.69) is 10.2 Å². The molecule has 0 bridgehead atoms. The van der Waals surface area contributed by atoms with Crippen LogP contribution in [0, 0.1) is 6.92 Å². The number of rotatable bonds is 5. The first kappa shape index (κ1) is 15.9. The van der Waals surface area contributed by atoms with E-state index in [-0.39, 0.29) is 5.91 Å². The Bertz CT molecular complexity index is 678. The van der Waals surface area contributed by atoms with Gasteiger partial charge in [-0.05, 0) is 44.0 Å². The van der Waals surface area contributed by atoms with E-state index in [1.165, 1.54) is 11.8 Å². The first-order valence-electron chi connectivity index (χ1n) is 7.66. The maximum atomic E-state index is 12.2. The normalized spacial score (nSPS) is 14.3. The lowest BCUT2D eigenvalue weighted by Crippen LogP contribution is -2.29. The maximum absolute atomic E-state index is 12.2. The van der Waals surface area contributed by atoms with E-state index >= 15 is 0 Å². The molecule has 1 fully saturated rings. The van der Waals surface area contributed by atoms with E-state index in [1.807, 2.05) is 40.7 Å². The van der Waals surface area contributed by atoms with Crippen LogP contribution in [0.5, 0.6) is 5.75 Å². The van der Waals surface area contributed by atoms with Crippen LogP contribution in [0.15, 0.2) is 29.4 Å². The summed E-state index contributed by atoms with van der Waals surface area (Å²) >= 11 is 1.43. The minimum absolute atomic E-state index is 0.175. The summed E-state index contributed by atoms with van der Waals surface area (Å²) in [5.41, 5.74) is 0.962. The van der Waals surface area contributed by atoms with Crippen LogP contribution >= 0.6 is 11.8 Å². The van der Waals surface area contributed by atoms with Crippen molar-refractivity contribution >= 4 is 17.7 Å². The van der Waals surface area contributed by atoms with Crippen molar-refractivity contribution in [3.05, 3.63) is 30.1 Å². The van der Waals surface area contributed by atoms with Gasteiger partial charge in [0.25, 0.3) is 0 Å². The lowest BCUT2D eigenvalue weighted by Gasteiger charge is -2.15. The van der Waals surface area contributed by atoms with Crippen molar-refractivity contribution in [1.29, 1.82) is 0 Å². The van der Waals surface area contributed by atoms with Crippen LogP contribution in [0.25, 0.3) is 5.69 Å². The van der Waals surface area contributed by atoms with Crippen LogP contribution in [0.4, 0.5) is 0 Å². The average Bonchev–Trinajstić information content (AvgIpc) is 3.23. The lowest BCUT2D eigenvalue weighted by molar-refractivity contribution is -0.127. The quantitative estimate of drug-likeness (QED) is 0.786. The molecule has 1 aliphatic rings. The van der Waals surface area contributed by atoms with Crippen molar-refractivity contribution in [3.8, 4) is 11.4 Å². The third kappa shape index (κ3) is 3.50. The molecule has 7 heteroatoms. The zero-order chi connectivity index (χ0) is 16.2. The highest BCUT2D eigenvalue weighted by atomic mass is 32.2. The van der Waals surface area contributed by atoms with Gasteiger partial charge in [-0.3, -0.25) is 9.36 Å². The van der Waals surface area contributed by atoms with Crippen LogP contribution in [0.1, 0.15) is 18.7 Å². The van der Waals surface area contributed by atoms with E-state index in [9.17, 15) is 4.79 Å². The minimum atomic E-state index is 0.175. The van der Waals surface area contributed by atoms with Gasteiger partial charge in [0.1, 0.15) is 11.6 Å². The molecule has 23 heavy (non-hydrogen) atoms. The third-order valence-electron chi connectivity index (χ3n) is 3.91. The second-order valence-electron chi connectivity index (χ2n) is 5.44. The highest BCUT2D eigenvalue weighted by molar-refractivity contribution is 7.99. The summed E-state index contributed by atoms with van der Waals surface area (Å²) in [7, 11) is 1.64. The van der Waals surface area contributed by atoms with Crippen molar-refractivity contribution < 1.29 is 9.53 Å². The Balaban J connectivity index is 1.74. The van der Waals surface area contributed by atoms with Gasteiger partial charge >= 0.3 is 0 Å². The van der Waals surface area contributed by atoms with Crippen molar-refractivity contribution in [2.24, 2.45) is 0 Å². The molecule has 2 heterocycles. The highest BCUT2D eigenvalue weighted by Gasteiger charge is 2.19. The number of aryl methyl sites for hydroxylation is 1. The summed E-state index contributed by atoms with van der Waals surface area (Å²) in [5.74, 6) is 2.17. The molecule has 1 aromatic heterocycles. The lowest BCUT2D eigenvalue weighted by atomic mass is 10.3. The maximum Gasteiger partial charge on any atom is 0.233 e. The van der Waals surface area contributed by atoms with Crippen molar-refractivity contribution in [2.75, 3.05) is 26.0 Å². The number of likely N-dealkylation sites (tertiary alicyclic amines) is 1. The van der Waals surface area contributed by atoms with Crippen LogP contribution in [0.2, 0.25) is 0 Å². The fourth-order valence-corrected chi connectivity index (χ4v) is 3.55. The molecule has 0 N–H and O–H groups in total. The molecule has 1 saturated heterocycles. The Hall–Kier alpha value is -2.02. The van der Waals surface area contributed by atoms with Crippen LogP contribution < -0.4 is 4.74 Å². The summed E-state index contributed by atoms with van der Waals surface area (Å²) in [5, 5.41) is 9.09. The van der Waals surface area contributed by atoms with E-state index in [0.717, 1.165) is 48.3 Å². The number of hydrogen-bond donors (Lipinski definition) is 0. The van der Waals surface area contributed by atoms with Gasteiger partial charge in [0.05, 0.1) is 12.9 Å². The predicted molar refractivity (Wildman–Crippen MR) is 89.2 cm³/mol.